The molecular formula is C20H19ClN2O3S. The lowest BCUT2D eigenvalue weighted by atomic mass is 10.1. The summed E-state index contributed by atoms with van der Waals surface area (Å²) in [7, 11) is -3.83. The first-order valence-corrected chi connectivity index (χ1v) is 10.7. The van der Waals surface area contributed by atoms with Crippen molar-refractivity contribution < 1.29 is 12.8 Å². The van der Waals surface area contributed by atoms with Crippen molar-refractivity contribution in [1.82, 2.24) is 4.98 Å². The van der Waals surface area contributed by atoms with E-state index in [4.69, 9.17) is 16.0 Å². The molecule has 0 saturated carbocycles. The molecule has 1 aromatic heterocycles. The Morgan fingerprint density at radius 2 is 1.59 bits per heavy atom. The Kier molecular flexibility index (Phi) is 4.93. The van der Waals surface area contributed by atoms with Crippen LogP contribution in [0.2, 0.25) is 5.02 Å². The van der Waals surface area contributed by atoms with E-state index in [0.29, 0.717) is 16.8 Å². The van der Waals surface area contributed by atoms with Gasteiger partial charge in [-0.25, -0.2) is 8.42 Å². The van der Waals surface area contributed by atoms with Crippen LogP contribution in [0.5, 0.6) is 0 Å². The van der Waals surface area contributed by atoms with E-state index in [1.807, 2.05) is 35.2 Å². The van der Waals surface area contributed by atoms with Crippen molar-refractivity contribution in [1.29, 1.82) is 0 Å². The third kappa shape index (κ3) is 3.59. The Hall–Kier alpha value is -2.31. The van der Waals surface area contributed by atoms with Crippen LogP contribution in [0.15, 0.2) is 68.9 Å². The highest BCUT2D eigenvalue weighted by Gasteiger charge is 2.31. The number of anilines is 1. The van der Waals surface area contributed by atoms with Gasteiger partial charge < -0.3 is 9.32 Å². The number of nitrogens with zero attached hydrogens (tertiary/aromatic N) is 2. The quantitative estimate of drug-likeness (QED) is 0.626. The molecule has 3 aromatic rings. The van der Waals surface area contributed by atoms with E-state index in [-0.39, 0.29) is 9.92 Å². The van der Waals surface area contributed by atoms with Crippen LogP contribution in [0.4, 0.5) is 5.88 Å². The number of benzene rings is 2. The highest BCUT2D eigenvalue weighted by molar-refractivity contribution is 7.91. The third-order valence-electron chi connectivity index (χ3n) is 4.62. The van der Waals surface area contributed by atoms with Gasteiger partial charge in [-0.15, -0.1) is 0 Å². The van der Waals surface area contributed by atoms with Gasteiger partial charge in [0.1, 0.15) is 0 Å². The van der Waals surface area contributed by atoms with Crippen molar-refractivity contribution >= 4 is 27.3 Å². The molecule has 140 valence electrons. The molecule has 2 aromatic carbocycles. The molecule has 7 heteroatoms. The molecule has 0 unspecified atom stereocenters. The molecule has 27 heavy (non-hydrogen) atoms. The van der Waals surface area contributed by atoms with Crippen LogP contribution in [0, 0.1) is 0 Å². The lowest BCUT2D eigenvalue weighted by molar-refractivity contribution is 0.499. The molecule has 0 atom stereocenters. The maximum absolute atomic E-state index is 13.3. The highest BCUT2D eigenvalue weighted by Crippen LogP contribution is 2.36. The lowest BCUT2D eigenvalue weighted by Gasteiger charge is -2.26. The smallest absolute Gasteiger partial charge is 0.236 e. The third-order valence-corrected chi connectivity index (χ3v) is 6.54. The van der Waals surface area contributed by atoms with Crippen LogP contribution in [0.3, 0.4) is 0 Å². The Morgan fingerprint density at radius 3 is 2.26 bits per heavy atom. The summed E-state index contributed by atoms with van der Waals surface area (Å²) in [6, 6.07) is 15.4. The van der Waals surface area contributed by atoms with Crippen molar-refractivity contribution in [2.45, 2.75) is 29.2 Å². The molecule has 1 fully saturated rings. The molecule has 0 bridgehead atoms. The van der Waals surface area contributed by atoms with Crippen LogP contribution in [0.25, 0.3) is 11.5 Å². The summed E-state index contributed by atoms with van der Waals surface area (Å²) in [5, 5.41) is 0.445. The number of sulfone groups is 1. The van der Waals surface area contributed by atoms with Gasteiger partial charge in [0.2, 0.25) is 26.6 Å². The van der Waals surface area contributed by atoms with Gasteiger partial charge in [0.25, 0.3) is 0 Å². The predicted octanol–water partition coefficient (Wildman–Crippen LogP) is 4.82. The normalized spacial score (nSPS) is 15.1. The van der Waals surface area contributed by atoms with Crippen molar-refractivity contribution in [3.63, 3.8) is 0 Å². The minimum atomic E-state index is -3.83. The van der Waals surface area contributed by atoms with E-state index in [1.54, 1.807) is 12.1 Å². The summed E-state index contributed by atoms with van der Waals surface area (Å²) in [5.41, 5.74) is 0.744. The van der Waals surface area contributed by atoms with Crippen molar-refractivity contribution in [2.75, 3.05) is 18.0 Å². The zero-order valence-electron chi connectivity index (χ0n) is 14.6. The van der Waals surface area contributed by atoms with Crippen molar-refractivity contribution in [3.8, 4) is 11.5 Å². The molecule has 0 N–H and O–H groups in total. The SMILES string of the molecule is O=S(=O)(c1ccc(Cl)cc1)c1nc(-c2ccccc2)oc1N1CCCCC1. The van der Waals surface area contributed by atoms with Crippen molar-refractivity contribution in [3.05, 3.63) is 59.6 Å². The number of hydrogen-bond donors (Lipinski definition) is 0. The maximum Gasteiger partial charge on any atom is 0.236 e. The van der Waals surface area contributed by atoms with E-state index in [1.165, 1.54) is 12.1 Å². The molecule has 1 aliphatic heterocycles. The molecule has 1 saturated heterocycles. The topological polar surface area (TPSA) is 63.4 Å². The molecule has 5 nitrogen and oxygen atoms in total. The minimum Gasteiger partial charge on any atom is -0.419 e. The molecule has 4 rings (SSSR count). The molecule has 0 spiro atoms. The molecule has 0 aliphatic carbocycles. The van der Waals surface area contributed by atoms with Crippen LogP contribution in [0.1, 0.15) is 19.3 Å². The van der Waals surface area contributed by atoms with E-state index in [9.17, 15) is 8.42 Å². The Balaban J connectivity index is 1.84. The Bertz CT molecular complexity index is 1020. The van der Waals surface area contributed by atoms with Gasteiger partial charge >= 0.3 is 0 Å². The first-order chi connectivity index (χ1) is 13.1. The number of halogens is 1. The molecule has 1 aliphatic rings. The van der Waals surface area contributed by atoms with Gasteiger partial charge in [-0.2, -0.15) is 4.98 Å². The molecule has 2 heterocycles. The summed E-state index contributed by atoms with van der Waals surface area (Å²) >= 11 is 5.91. The monoisotopic (exact) mass is 402 g/mol. The summed E-state index contributed by atoms with van der Waals surface area (Å²) in [4.78, 5) is 6.53. The second kappa shape index (κ2) is 7.37. The summed E-state index contributed by atoms with van der Waals surface area (Å²) in [5.74, 6) is 0.632. The fourth-order valence-corrected chi connectivity index (χ4v) is 4.65. The fourth-order valence-electron chi connectivity index (χ4n) is 3.20. The van der Waals surface area contributed by atoms with Gasteiger partial charge in [-0.1, -0.05) is 29.8 Å². The van der Waals surface area contributed by atoms with Crippen LogP contribution >= 0.6 is 11.6 Å². The fraction of sp³-hybridized carbons (Fsp3) is 0.250. The van der Waals surface area contributed by atoms with Crippen LogP contribution < -0.4 is 4.90 Å². The van der Waals surface area contributed by atoms with Gasteiger partial charge in [0.15, 0.2) is 0 Å². The zero-order chi connectivity index (χ0) is 18.9. The standard InChI is InChI=1S/C20H19ClN2O3S/c21-16-9-11-17(12-10-16)27(24,25)19-20(23-13-5-2-6-14-23)26-18(22-19)15-7-3-1-4-8-15/h1,3-4,7-12H,2,5-6,13-14H2. The summed E-state index contributed by atoms with van der Waals surface area (Å²) in [6.07, 6.45) is 3.14. The number of rotatable bonds is 4. The van der Waals surface area contributed by atoms with Gasteiger partial charge in [-0.3, -0.25) is 0 Å². The molecular weight excluding hydrogens is 384 g/mol. The Labute approximate surface area is 163 Å². The molecule has 0 radical (unpaired) electrons. The second-order valence-electron chi connectivity index (χ2n) is 6.50. The predicted molar refractivity (Wildman–Crippen MR) is 105 cm³/mol. The maximum atomic E-state index is 13.3. The number of piperidine rings is 1. The van der Waals surface area contributed by atoms with Gasteiger partial charge in [0.05, 0.1) is 4.90 Å². The first kappa shape index (κ1) is 18.1. The van der Waals surface area contributed by atoms with Crippen LogP contribution in [-0.4, -0.2) is 26.5 Å². The van der Waals surface area contributed by atoms with E-state index in [0.717, 1.165) is 37.9 Å². The molecule has 0 amide bonds. The van der Waals surface area contributed by atoms with Gasteiger partial charge in [0, 0.05) is 23.7 Å². The number of oxazole rings is 1. The number of hydrogen-bond acceptors (Lipinski definition) is 5. The Morgan fingerprint density at radius 1 is 0.926 bits per heavy atom. The zero-order valence-corrected chi connectivity index (χ0v) is 16.2. The lowest BCUT2D eigenvalue weighted by Crippen LogP contribution is -2.30. The average molecular weight is 403 g/mol. The van der Waals surface area contributed by atoms with E-state index < -0.39 is 9.84 Å². The summed E-state index contributed by atoms with van der Waals surface area (Å²) < 4.78 is 32.5. The first-order valence-electron chi connectivity index (χ1n) is 8.87. The number of aromatic nitrogens is 1. The van der Waals surface area contributed by atoms with Crippen LogP contribution in [-0.2, 0) is 9.84 Å². The second-order valence-corrected chi connectivity index (χ2v) is 8.80. The minimum absolute atomic E-state index is 0.0365. The van der Waals surface area contributed by atoms with Gasteiger partial charge in [-0.05, 0) is 55.7 Å². The highest BCUT2D eigenvalue weighted by atomic mass is 35.5. The van der Waals surface area contributed by atoms with Crippen molar-refractivity contribution in [2.24, 2.45) is 0 Å². The van der Waals surface area contributed by atoms with E-state index >= 15 is 0 Å². The van der Waals surface area contributed by atoms with E-state index in [2.05, 4.69) is 4.98 Å². The average Bonchev–Trinajstić information content (AvgIpc) is 3.16. The largest absolute Gasteiger partial charge is 0.419 e. The summed E-state index contributed by atoms with van der Waals surface area (Å²) in [6.45, 7) is 1.51.